The molecule has 0 aromatic heterocycles. The zero-order chi connectivity index (χ0) is 23.3. The maximum Gasteiger partial charge on any atom is 0.326 e. The van der Waals surface area contributed by atoms with E-state index < -0.39 is 12.0 Å². The Hall–Kier alpha value is -2.77. The van der Waals surface area contributed by atoms with Gasteiger partial charge < -0.3 is 20.1 Å². The van der Waals surface area contributed by atoms with E-state index in [0.29, 0.717) is 17.0 Å². The minimum atomic E-state index is -1.09. The third-order valence-electron chi connectivity index (χ3n) is 4.61. The number of hydrogen-bond acceptors (Lipinski definition) is 4. The highest BCUT2D eigenvalue weighted by molar-refractivity contribution is 6.37. The van der Waals surface area contributed by atoms with Crippen LogP contribution in [0.3, 0.4) is 0 Å². The summed E-state index contributed by atoms with van der Waals surface area (Å²) in [5, 5.41) is 12.2. The van der Waals surface area contributed by atoms with E-state index >= 15 is 0 Å². The molecule has 0 saturated heterocycles. The molecule has 0 heterocycles. The number of carboxylic acid groups (broad SMARTS) is 1. The van der Waals surface area contributed by atoms with Gasteiger partial charge in [-0.05, 0) is 48.9 Å². The van der Waals surface area contributed by atoms with Crippen molar-refractivity contribution in [1.29, 1.82) is 0 Å². The van der Waals surface area contributed by atoms with Crippen LogP contribution in [0.2, 0.25) is 10.0 Å². The van der Waals surface area contributed by atoms with E-state index in [1.165, 1.54) is 14.0 Å². The van der Waals surface area contributed by atoms with Crippen molar-refractivity contribution in [3.05, 3.63) is 52.0 Å². The van der Waals surface area contributed by atoms with Crippen molar-refractivity contribution in [3.8, 4) is 11.5 Å². The lowest BCUT2D eigenvalue weighted by Gasteiger charge is -2.21. The fraction of sp³-hybridized carbons (Fsp3) is 0.318. The Morgan fingerprint density at radius 2 is 1.61 bits per heavy atom. The number of aliphatic carboxylic acids is 1. The zero-order valence-corrected chi connectivity index (χ0v) is 19.1. The lowest BCUT2D eigenvalue weighted by molar-refractivity contribution is -0.148. The number of anilines is 1. The molecule has 0 fully saturated rings. The molecule has 0 bridgehead atoms. The van der Waals surface area contributed by atoms with Crippen LogP contribution in [0, 0.1) is 5.92 Å². The summed E-state index contributed by atoms with van der Waals surface area (Å²) in [6, 6.07) is 8.89. The Kier molecular flexibility index (Phi) is 8.30. The van der Waals surface area contributed by atoms with Gasteiger partial charge in [-0.25, -0.2) is 4.79 Å². The average molecular weight is 467 g/mol. The minimum Gasteiger partial charge on any atom is -0.480 e. The van der Waals surface area contributed by atoms with Crippen LogP contribution in [0.4, 0.5) is 5.69 Å². The van der Waals surface area contributed by atoms with Crippen molar-refractivity contribution in [3.63, 3.8) is 0 Å². The molecule has 9 heteroatoms. The van der Waals surface area contributed by atoms with Crippen LogP contribution >= 0.6 is 23.2 Å². The number of nitrogens with zero attached hydrogens (tertiary/aromatic N) is 1. The number of rotatable bonds is 8. The molecular weight excluding hydrogens is 443 g/mol. The predicted octanol–water partition coefficient (Wildman–Crippen LogP) is 4.85. The van der Waals surface area contributed by atoms with Gasteiger partial charge in [0.1, 0.15) is 11.8 Å². The van der Waals surface area contributed by atoms with Crippen molar-refractivity contribution in [2.45, 2.75) is 33.2 Å². The summed E-state index contributed by atoms with van der Waals surface area (Å²) in [7, 11) is 1.43. The van der Waals surface area contributed by atoms with E-state index in [9.17, 15) is 14.4 Å². The van der Waals surface area contributed by atoms with E-state index in [4.69, 9.17) is 33.0 Å². The first kappa shape index (κ1) is 24.5. The van der Waals surface area contributed by atoms with Crippen molar-refractivity contribution in [1.82, 2.24) is 4.90 Å². The van der Waals surface area contributed by atoms with Gasteiger partial charge >= 0.3 is 5.97 Å². The zero-order valence-electron chi connectivity index (χ0n) is 17.6. The number of ether oxygens (including phenoxy) is 1. The quantitative estimate of drug-likeness (QED) is 0.579. The molecule has 1 atom stereocenters. The Balaban J connectivity index is 2.11. The van der Waals surface area contributed by atoms with Crippen molar-refractivity contribution < 1.29 is 24.2 Å². The van der Waals surface area contributed by atoms with Gasteiger partial charge in [-0.2, -0.15) is 0 Å². The molecule has 0 aliphatic heterocycles. The largest absolute Gasteiger partial charge is 0.480 e. The first-order valence-electron chi connectivity index (χ1n) is 9.54. The SMILES string of the molecule is CC(C)C(=O)Nc1ccc(Oc2c(Cl)cc(CC(=O)N(C)[C@@H](C)C(=O)O)cc2Cl)cc1. The van der Waals surface area contributed by atoms with Gasteiger partial charge in [0.15, 0.2) is 5.75 Å². The molecule has 0 aliphatic carbocycles. The van der Waals surface area contributed by atoms with Crippen LogP contribution < -0.4 is 10.1 Å². The third kappa shape index (κ3) is 6.60. The molecule has 7 nitrogen and oxygen atoms in total. The number of likely N-dealkylation sites (N-methyl/N-ethyl adjacent to an activating group) is 1. The summed E-state index contributed by atoms with van der Waals surface area (Å²) in [5.41, 5.74) is 1.17. The highest BCUT2D eigenvalue weighted by Gasteiger charge is 2.22. The second-order valence-corrected chi connectivity index (χ2v) is 8.17. The molecule has 0 saturated carbocycles. The Bertz CT molecular complexity index is 953. The first-order valence-corrected chi connectivity index (χ1v) is 10.3. The van der Waals surface area contributed by atoms with Gasteiger partial charge in [-0.1, -0.05) is 37.0 Å². The molecule has 2 aromatic rings. The standard InChI is InChI=1S/C22H24Cl2N2O5/c1-12(2)21(28)25-15-5-7-16(8-6-15)31-20-17(23)9-14(10-18(20)24)11-19(27)26(4)13(3)22(29)30/h5-10,12-13H,11H2,1-4H3,(H,25,28)(H,29,30)/t13-/m0/s1. The third-order valence-corrected chi connectivity index (χ3v) is 5.17. The van der Waals surface area contributed by atoms with Gasteiger partial charge in [0.2, 0.25) is 11.8 Å². The summed E-state index contributed by atoms with van der Waals surface area (Å²) < 4.78 is 5.77. The molecule has 2 aromatic carbocycles. The number of halogens is 2. The lowest BCUT2D eigenvalue weighted by Crippen LogP contribution is -2.41. The Morgan fingerprint density at radius 1 is 1.06 bits per heavy atom. The second kappa shape index (κ2) is 10.5. The maximum atomic E-state index is 12.3. The molecule has 2 amide bonds. The van der Waals surface area contributed by atoms with E-state index in [-0.39, 0.29) is 39.9 Å². The summed E-state index contributed by atoms with van der Waals surface area (Å²) in [5.74, 6) is -1.00. The highest BCUT2D eigenvalue weighted by Crippen LogP contribution is 2.38. The van der Waals surface area contributed by atoms with Crippen LogP contribution in [0.15, 0.2) is 36.4 Å². The molecule has 0 radical (unpaired) electrons. The number of nitrogens with one attached hydrogen (secondary N) is 1. The highest BCUT2D eigenvalue weighted by atomic mass is 35.5. The van der Waals surface area contributed by atoms with Crippen LogP contribution in [0.5, 0.6) is 11.5 Å². The van der Waals surface area contributed by atoms with Gasteiger partial charge in [0, 0.05) is 18.7 Å². The first-order chi connectivity index (χ1) is 14.5. The summed E-state index contributed by atoms with van der Waals surface area (Å²) in [6.07, 6.45) is -0.0575. The fourth-order valence-corrected chi connectivity index (χ4v) is 3.11. The second-order valence-electron chi connectivity index (χ2n) is 7.35. The van der Waals surface area contributed by atoms with Crippen LogP contribution in [0.1, 0.15) is 26.3 Å². The van der Waals surface area contributed by atoms with Crippen molar-refractivity contribution in [2.24, 2.45) is 5.92 Å². The normalized spacial score (nSPS) is 11.7. The minimum absolute atomic E-state index is 0.0575. The topological polar surface area (TPSA) is 95.9 Å². The number of carbonyl (C=O) groups excluding carboxylic acids is 2. The molecule has 0 spiro atoms. The van der Waals surface area contributed by atoms with E-state index in [0.717, 1.165) is 4.90 Å². The van der Waals surface area contributed by atoms with E-state index in [2.05, 4.69) is 5.32 Å². The summed E-state index contributed by atoms with van der Waals surface area (Å²) in [6.45, 7) is 5.04. The number of hydrogen-bond donors (Lipinski definition) is 2. The van der Waals surface area contributed by atoms with Crippen molar-refractivity contribution >= 4 is 46.7 Å². The molecule has 2 rings (SSSR count). The number of amides is 2. The van der Waals surface area contributed by atoms with Gasteiger partial charge in [0.05, 0.1) is 16.5 Å². The number of benzene rings is 2. The molecule has 0 unspecified atom stereocenters. The fourth-order valence-electron chi connectivity index (χ4n) is 2.50. The summed E-state index contributed by atoms with van der Waals surface area (Å²) >= 11 is 12.6. The lowest BCUT2D eigenvalue weighted by atomic mass is 10.1. The molecule has 166 valence electrons. The molecular formula is C22H24Cl2N2O5. The number of carbonyl (C=O) groups is 3. The van der Waals surface area contributed by atoms with E-state index in [1.54, 1.807) is 50.2 Å². The van der Waals surface area contributed by atoms with E-state index in [1.807, 2.05) is 0 Å². The van der Waals surface area contributed by atoms with Gasteiger partial charge in [-0.3, -0.25) is 9.59 Å². The molecule has 31 heavy (non-hydrogen) atoms. The van der Waals surface area contributed by atoms with Crippen LogP contribution in [-0.2, 0) is 20.8 Å². The van der Waals surface area contributed by atoms with Crippen molar-refractivity contribution in [2.75, 3.05) is 12.4 Å². The van der Waals surface area contributed by atoms with Crippen LogP contribution in [-0.4, -0.2) is 40.9 Å². The maximum absolute atomic E-state index is 12.3. The van der Waals surface area contributed by atoms with Gasteiger partial charge in [-0.15, -0.1) is 0 Å². The smallest absolute Gasteiger partial charge is 0.326 e. The monoisotopic (exact) mass is 466 g/mol. The van der Waals surface area contributed by atoms with Crippen LogP contribution in [0.25, 0.3) is 0 Å². The Morgan fingerprint density at radius 3 is 2.10 bits per heavy atom. The van der Waals surface area contributed by atoms with Gasteiger partial charge in [0.25, 0.3) is 0 Å². The number of carboxylic acids is 1. The average Bonchev–Trinajstić information content (AvgIpc) is 2.70. The molecule has 0 aliphatic rings. The molecule has 2 N–H and O–H groups in total. The summed E-state index contributed by atoms with van der Waals surface area (Å²) in [4.78, 5) is 36.3. The Labute approximate surface area is 190 Å². The predicted molar refractivity (Wildman–Crippen MR) is 120 cm³/mol.